The number of carbonyl (C=O) groups is 1. The fraction of sp³-hybridized carbons (Fsp3) is 0.350. The summed E-state index contributed by atoms with van der Waals surface area (Å²) in [5.41, 5.74) is 1.60. The lowest BCUT2D eigenvalue weighted by atomic mass is 9.76. The molecule has 0 aromatic heterocycles. The molecule has 0 saturated carbocycles. The summed E-state index contributed by atoms with van der Waals surface area (Å²) in [7, 11) is 1.60. The molecule has 0 aliphatic carbocycles. The predicted octanol–water partition coefficient (Wildman–Crippen LogP) is 3.69. The van der Waals surface area contributed by atoms with Crippen LogP contribution in [0.1, 0.15) is 30.9 Å². The van der Waals surface area contributed by atoms with Crippen LogP contribution in [-0.2, 0) is 10.2 Å². The minimum atomic E-state index is -1.09. The highest BCUT2D eigenvalue weighted by Gasteiger charge is 2.37. The molecule has 1 unspecified atom stereocenters. The van der Waals surface area contributed by atoms with Crippen molar-refractivity contribution < 1.29 is 14.6 Å². The van der Waals surface area contributed by atoms with E-state index in [0.717, 1.165) is 30.0 Å². The van der Waals surface area contributed by atoms with Crippen molar-refractivity contribution in [3.63, 3.8) is 0 Å². The molecule has 0 amide bonds. The standard InChI is InChI=1S/C20H23NO3/c1-20(19(22)23,16-7-11-18(24-2)12-8-16)15-5-9-17(10-6-15)21-13-3-4-14-21/h5-12H,3-4,13-14H2,1-2H3,(H,22,23). The van der Waals surface area contributed by atoms with Crippen LogP contribution in [0.4, 0.5) is 5.69 Å². The van der Waals surface area contributed by atoms with Crippen molar-refractivity contribution in [3.8, 4) is 5.75 Å². The van der Waals surface area contributed by atoms with E-state index in [0.29, 0.717) is 0 Å². The number of hydrogen-bond acceptors (Lipinski definition) is 3. The number of carboxylic acids is 1. The quantitative estimate of drug-likeness (QED) is 0.911. The molecular weight excluding hydrogens is 302 g/mol. The summed E-state index contributed by atoms with van der Waals surface area (Å²) < 4.78 is 5.17. The normalized spacial score (nSPS) is 16.7. The van der Waals surface area contributed by atoms with Gasteiger partial charge in [-0.2, -0.15) is 0 Å². The highest BCUT2D eigenvalue weighted by molar-refractivity contribution is 5.85. The molecule has 126 valence electrons. The van der Waals surface area contributed by atoms with Crippen molar-refractivity contribution in [2.45, 2.75) is 25.2 Å². The van der Waals surface area contributed by atoms with Crippen LogP contribution < -0.4 is 9.64 Å². The second-order valence-corrected chi connectivity index (χ2v) is 6.40. The van der Waals surface area contributed by atoms with E-state index in [4.69, 9.17) is 4.74 Å². The van der Waals surface area contributed by atoms with Gasteiger partial charge in [0, 0.05) is 18.8 Å². The van der Waals surface area contributed by atoms with Crippen LogP contribution >= 0.6 is 0 Å². The average molecular weight is 325 g/mol. The van der Waals surface area contributed by atoms with Crippen molar-refractivity contribution in [2.24, 2.45) is 0 Å². The van der Waals surface area contributed by atoms with E-state index >= 15 is 0 Å². The summed E-state index contributed by atoms with van der Waals surface area (Å²) >= 11 is 0. The summed E-state index contributed by atoms with van der Waals surface area (Å²) in [5, 5.41) is 9.91. The van der Waals surface area contributed by atoms with E-state index in [-0.39, 0.29) is 0 Å². The molecule has 2 aromatic rings. The zero-order chi connectivity index (χ0) is 17.2. The van der Waals surface area contributed by atoms with Crippen LogP contribution in [0, 0.1) is 0 Å². The molecule has 1 heterocycles. The van der Waals surface area contributed by atoms with Crippen LogP contribution in [0.25, 0.3) is 0 Å². The Kier molecular flexibility index (Phi) is 4.47. The molecule has 1 N–H and O–H groups in total. The lowest BCUT2D eigenvalue weighted by Crippen LogP contribution is -2.33. The van der Waals surface area contributed by atoms with Crippen molar-refractivity contribution in [2.75, 3.05) is 25.1 Å². The first-order valence-electron chi connectivity index (χ1n) is 8.29. The fourth-order valence-electron chi connectivity index (χ4n) is 3.32. The lowest BCUT2D eigenvalue weighted by Gasteiger charge is -2.27. The van der Waals surface area contributed by atoms with Gasteiger partial charge in [0.1, 0.15) is 11.2 Å². The molecule has 0 radical (unpaired) electrons. The molecule has 0 spiro atoms. The number of hydrogen-bond donors (Lipinski definition) is 1. The molecule has 1 aliphatic rings. The van der Waals surface area contributed by atoms with E-state index in [1.165, 1.54) is 18.5 Å². The van der Waals surface area contributed by atoms with E-state index < -0.39 is 11.4 Å². The molecule has 1 saturated heterocycles. The molecule has 4 nitrogen and oxygen atoms in total. The molecule has 24 heavy (non-hydrogen) atoms. The van der Waals surface area contributed by atoms with Crippen molar-refractivity contribution in [1.29, 1.82) is 0 Å². The van der Waals surface area contributed by atoms with Crippen LogP contribution in [0.2, 0.25) is 0 Å². The lowest BCUT2D eigenvalue weighted by molar-refractivity contribution is -0.141. The molecule has 4 heteroatoms. The Balaban J connectivity index is 1.95. The van der Waals surface area contributed by atoms with Gasteiger partial charge in [-0.1, -0.05) is 24.3 Å². The Morgan fingerprint density at radius 1 is 1.00 bits per heavy atom. The molecule has 0 bridgehead atoms. The monoisotopic (exact) mass is 325 g/mol. The number of ether oxygens (including phenoxy) is 1. The number of methoxy groups -OCH3 is 1. The summed E-state index contributed by atoms with van der Waals surface area (Å²) in [5.74, 6) is -0.141. The third-order valence-corrected chi connectivity index (χ3v) is 5.01. The fourth-order valence-corrected chi connectivity index (χ4v) is 3.32. The minimum Gasteiger partial charge on any atom is -0.497 e. The number of carboxylic acid groups (broad SMARTS) is 1. The summed E-state index contributed by atoms with van der Waals surface area (Å²) in [6.07, 6.45) is 2.45. The van der Waals surface area contributed by atoms with Gasteiger partial charge in [-0.25, -0.2) is 0 Å². The molecule has 2 aromatic carbocycles. The summed E-state index contributed by atoms with van der Waals surface area (Å²) in [6.45, 7) is 3.91. The summed E-state index contributed by atoms with van der Waals surface area (Å²) in [6, 6.07) is 15.2. The highest BCUT2D eigenvalue weighted by Crippen LogP contribution is 2.34. The Morgan fingerprint density at radius 3 is 1.96 bits per heavy atom. The van der Waals surface area contributed by atoms with E-state index in [2.05, 4.69) is 4.90 Å². The van der Waals surface area contributed by atoms with Crippen molar-refractivity contribution >= 4 is 11.7 Å². The van der Waals surface area contributed by atoms with Gasteiger partial charge < -0.3 is 14.7 Å². The highest BCUT2D eigenvalue weighted by atomic mass is 16.5. The molecular formula is C20H23NO3. The van der Waals surface area contributed by atoms with Crippen LogP contribution in [-0.4, -0.2) is 31.3 Å². The number of rotatable bonds is 5. The second kappa shape index (κ2) is 6.56. The smallest absolute Gasteiger partial charge is 0.318 e. The Hall–Kier alpha value is -2.49. The van der Waals surface area contributed by atoms with Crippen LogP contribution in [0.5, 0.6) is 5.75 Å². The van der Waals surface area contributed by atoms with Gasteiger partial charge in [0.25, 0.3) is 0 Å². The van der Waals surface area contributed by atoms with Gasteiger partial charge in [0.2, 0.25) is 0 Å². The minimum absolute atomic E-state index is 0.718. The first-order valence-corrected chi connectivity index (χ1v) is 8.29. The SMILES string of the molecule is COc1ccc(C(C)(C(=O)O)c2ccc(N3CCCC3)cc2)cc1. The van der Waals surface area contributed by atoms with Crippen LogP contribution in [0.3, 0.4) is 0 Å². The number of nitrogens with zero attached hydrogens (tertiary/aromatic N) is 1. The van der Waals surface area contributed by atoms with Gasteiger partial charge in [-0.05, 0) is 55.2 Å². The zero-order valence-corrected chi connectivity index (χ0v) is 14.2. The topological polar surface area (TPSA) is 49.8 Å². The maximum Gasteiger partial charge on any atom is 0.318 e. The van der Waals surface area contributed by atoms with Gasteiger partial charge in [-0.15, -0.1) is 0 Å². The maximum absolute atomic E-state index is 12.1. The third kappa shape index (κ3) is 2.84. The van der Waals surface area contributed by atoms with Crippen molar-refractivity contribution in [3.05, 3.63) is 59.7 Å². The van der Waals surface area contributed by atoms with Crippen molar-refractivity contribution in [1.82, 2.24) is 0 Å². The van der Waals surface area contributed by atoms with Gasteiger partial charge >= 0.3 is 5.97 Å². The zero-order valence-electron chi connectivity index (χ0n) is 14.2. The first-order chi connectivity index (χ1) is 11.6. The average Bonchev–Trinajstić information content (AvgIpc) is 3.16. The number of anilines is 1. The second-order valence-electron chi connectivity index (χ2n) is 6.40. The first kappa shape index (κ1) is 16.4. The largest absolute Gasteiger partial charge is 0.497 e. The maximum atomic E-state index is 12.1. The molecule has 1 fully saturated rings. The third-order valence-electron chi connectivity index (χ3n) is 5.01. The Bertz CT molecular complexity index is 703. The predicted molar refractivity (Wildman–Crippen MR) is 95.0 cm³/mol. The molecule has 1 aliphatic heterocycles. The molecule has 1 atom stereocenters. The van der Waals surface area contributed by atoms with Gasteiger partial charge in [0.05, 0.1) is 7.11 Å². The Labute approximate surface area is 142 Å². The molecule has 3 rings (SSSR count). The Morgan fingerprint density at radius 2 is 1.50 bits per heavy atom. The summed E-state index contributed by atoms with van der Waals surface area (Å²) in [4.78, 5) is 14.4. The van der Waals surface area contributed by atoms with Gasteiger partial charge in [0.15, 0.2) is 0 Å². The van der Waals surface area contributed by atoms with Gasteiger partial charge in [-0.3, -0.25) is 4.79 Å². The van der Waals surface area contributed by atoms with Crippen LogP contribution in [0.15, 0.2) is 48.5 Å². The number of benzene rings is 2. The number of aliphatic carboxylic acids is 1. The van der Waals surface area contributed by atoms with E-state index in [1.807, 2.05) is 36.4 Å². The van der Waals surface area contributed by atoms with E-state index in [1.54, 1.807) is 26.2 Å². The van der Waals surface area contributed by atoms with E-state index in [9.17, 15) is 9.90 Å².